The first-order chi connectivity index (χ1) is 11.1. The van der Waals surface area contributed by atoms with Crippen LogP contribution in [0.1, 0.15) is 44.6 Å². The minimum Gasteiger partial charge on any atom is -0.365 e. The van der Waals surface area contributed by atoms with Gasteiger partial charge >= 0.3 is 0 Å². The molecule has 23 heavy (non-hydrogen) atoms. The highest BCUT2D eigenvalue weighted by Crippen LogP contribution is 2.26. The minimum absolute atomic E-state index is 0.0265. The van der Waals surface area contributed by atoms with Crippen LogP contribution in [0.3, 0.4) is 0 Å². The van der Waals surface area contributed by atoms with Crippen molar-refractivity contribution in [2.24, 2.45) is 5.73 Å². The van der Waals surface area contributed by atoms with E-state index < -0.39 is 5.91 Å². The Bertz CT molecular complexity index is 746. The van der Waals surface area contributed by atoms with E-state index in [1.54, 1.807) is 6.92 Å². The lowest BCUT2D eigenvalue weighted by molar-refractivity contribution is 0.0790. The summed E-state index contributed by atoms with van der Waals surface area (Å²) < 4.78 is 0. The van der Waals surface area contributed by atoms with E-state index in [1.165, 1.54) is 6.20 Å². The zero-order chi connectivity index (χ0) is 16.4. The average molecular weight is 310 g/mol. The summed E-state index contributed by atoms with van der Waals surface area (Å²) in [6.45, 7) is 3.01. The number of hydrogen-bond acceptors (Lipinski definition) is 4. The molecular formula is C17H18N4O2. The van der Waals surface area contributed by atoms with Crippen LogP contribution in [0, 0.1) is 6.92 Å². The molecule has 1 aromatic heterocycles. The Morgan fingerprint density at radius 2 is 2.00 bits per heavy atom. The number of aromatic nitrogens is 2. The Morgan fingerprint density at radius 3 is 2.65 bits per heavy atom. The molecule has 1 aliphatic heterocycles. The van der Waals surface area contributed by atoms with E-state index in [0.29, 0.717) is 35.7 Å². The normalized spacial score (nSPS) is 17.3. The van der Waals surface area contributed by atoms with E-state index >= 15 is 0 Å². The van der Waals surface area contributed by atoms with Gasteiger partial charge in [-0.3, -0.25) is 9.59 Å². The van der Waals surface area contributed by atoms with Gasteiger partial charge in [0.05, 0.1) is 11.3 Å². The van der Waals surface area contributed by atoms with Gasteiger partial charge in [0, 0.05) is 30.8 Å². The van der Waals surface area contributed by atoms with Crippen molar-refractivity contribution >= 4 is 11.8 Å². The maximum absolute atomic E-state index is 12.5. The minimum atomic E-state index is -0.527. The standard InChI is InChI=1S/C17H18N4O2/c1-11-14(15(18)22)9-19-16(20-11)13-7-8-21(10-13)17(23)12-5-3-2-4-6-12/h2-6,9,13H,7-8,10H2,1H3,(H2,18,22)/t13-/m0/s1. The predicted molar refractivity (Wildman–Crippen MR) is 85.0 cm³/mol. The van der Waals surface area contributed by atoms with Crippen molar-refractivity contribution in [2.45, 2.75) is 19.3 Å². The third-order valence-corrected chi connectivity index (χ3v) is 4.12. The zero-order valence-electron chi connectivity index (χ0n) is 12.9. The number of carbonyl (C=O) groups is 2. The van der Waals surface area contributed by atoms with Crippen LogP contribution in [0.4, 0.5) is 0 Å². The molecule has 2 amide bonds. The van der Waals surface area contributed by atoms with Crippen molar-refractivity contribution in [3.05, 3.63) is 59.2 Å². The van der Waals surface area contributed by atoms with Crippen LogP contribution in [0.2, 0.25) is 0 Å². The molecule has 6 heteroatoms. The molecule has 0 saturated carbocycles. The number of likely N-dealkylation sites (tertiary alicyclic amines) is 1. The van der Waals surface area contributed by atoms with Gasteiger partial charge in [-0.2, -0.15) is 0 Å². The topological polar surface area (TPSA) is 89.2 Å². The molecule has 2 N–H and O–H groups in total. The van der Waals surface area contributed by atoms with E-state index in [1.807, 2.05) is 35.2 Å². The largest absolute Gasteiger partial charge is 0.365 e. The van der Waals surface area contributed by atoms with Crippen LogP contribution < -0.4 is 5.73 Å². The van der Waals surface area contributed by atoms with Gasteiger partial charge in [-0.25, -0.2) is 9.97 Å². The maximum atomic E-state index is 12.5. The molecule has 1 aliphatic rings. The number of aryl methyl sites for hydroxylation is 1. The molecule has 3 rings (SSSR count). The summed E-state index contributed by atoms with van der Waals surface area (Å²) in [5.74, 6) is 0.249. The number of nitrogens with two attached hydrogens (primary N) is 1. The first-order valence-electron chi connectivity index (χ1n) is 7.54. The third kappa shape index (κ3) is 3.06. The number of primary amides is 1. The summed E-state index contributed by atoms with van der Waals surface area (Å²) in [6, 6.07) is 9.24. The molecule has 0 aliphatic carbocycles. The lowest BCUT2D eigenvalue weighted by Crippen LogP contribution is -2.28. The Morgan fingerprint density at radius 1 is 1.26 bits per heavy atom. The van der Waals surface area contributed by atoms with E-state index in [9.17, 15) is 9.59 Å². The van der Waals surface area contributed by atoms with Crippen molar-refractivity contribution < 1.29 is 9.59 Å². The number of rotatable bonds is 3. The van der Waals surface area contributed by atoms with E-state index in [2.05, 4.69) is 9.97 Å². The molecule has 118 valence electrons. The Hall–Kier alpha value is -2.76. The smallest absolute Gasteiger partial charge is 0.253 e. The number of nitrogens with zero attached hydrogens (tertiary/aromatic N) is 3. The molecule has 1 atom stereocenters. The van der Waals surface area contributed by atoms with Crippen LogP contribution in [-0.2, 0) is 0 Å². The third-order valence-electron chi connectivity index (χ3n) is 4.12. The Labute approximate surface area is 134 Å². The van der Waals surface area contributed by atoms with Crippen molar-refractivity contribution in [1.82, 2.24) is 14.9 Å². The highest BCUT2D eigenvalue weighted by Gasteiger charge is 2.30. The molecule has 2 aromatic rings. The first-order valence-corrected chi connectivity index (χ1v) is 7.54. The Kier molecular flexibility index (Phi) is 4.06. The van der Waals surface area contributed by atoms with Gasteiger partial charge in [0.1, 0.15) is 5.82 Å². The van der Waals surface area contributed by atoms with Gasteiger partial charge < -0.3 is 10.6 Å². The zero-order valence-corrected chi connectivity index (χ0v) is 12.9. The van der Waals surface area contributed by atoms with Crippen LogP contribution in [0.15, 0.2) is 36.5 Å². The Balaban J connectivity index is 1.74. The molecule has 1 fully saturated rings. The van der Waals surface area contributed by atoms with Crippen molar-refractivity contribution in [2.75, 3.05) is 13.1 Å². The van der Waals surface area contributed by atoms with Crippen LogP contribution in [-0.4, -0.2) is 39.8 Å². The van der Waals surface area contributed by atoms with Crippen molar-refractivity contribution in [3.63, 3.8) is 0 Å². The molecule has 1 aromatic carbocycles. The summed E-state index contributed by atoms with van der Waals surface area (Å²) in [5.41, 5.74) is 6.88. The number of carbonyl (C=O) groups excluding carboxylic acids is 2. The van der Waals surface area contributed by atoms with Gasteiger partial charge in [-0.05, 0) is 25.5 Å². The van der Waals surface area contributed by atoms with Gasteiger partial charge in [0.2, 0.25) is 0 Å². The second-order valence-electron chi connectivity index (χ2n) is 5.69. The summed E-state index contributed by atoms with van der Waals surface area (Å²) in [4.78, 5) is 34.2. The number of hydrogen-bond donors (Lipinski definition) is 1. The van der Waals surface area contributed by atoms with Crippen LogP contribution in [0.25, 0.3) is 0 Å². The van der Waals surface area contributed by atoms with Gasteiger partial charge in [-0.15, -0.1) is 0 Å². The fourth-order valence-electron chi connectivity index (χ4n) is 2.84. The number of benzene rings is 1. The molecule has 0 bridgehead atoms. The second-order valence-corrected chi connectivity index (χ2v) is 5.69. The van der Waals surface area contributed by atoms with E-state index in [4.69, 9.17) is 5.73 Å². The monoisotopic (exact) mass is 310 g/mol. The summed E-state index contributed by atoms with van der Waals surface area (Å²) >= 11 is 0. The fraction of sp³-hybridized carbons (Fsp3) is 0.294. The van der Waals surface area contributed by atoms with Gasteiger partial charge in [-0.1, -0.05) is 18.2 Å². The summed E-state index contributed by atoms with van der Waals surface area (Å²) in [5, 5.41) is 0. The lowest BCUT2D eigenvalue weighted by atomic mass is 10.1. The molecule has 1 saturated heterocycles. The first kappa shape index (κ1) is 15.1. The highest BCUT2D eigenvalue weighted by atomic mass is 16.2. The summed E-state index contributed by atoms with van der Waals surface area (Å²) in [7, 11) is 0. The van der Waals surface area contributed by atoms with Gasteiger partial charge in [0.15, 0.2) is 0 Å². The summed E-state index contributed by atoms with van der Waals surface area (Å²) in [6.07, 6.45) is 2.29. The molecule has 0 radical (unpaired) electrons. The number of amides is 2. The average Bonchev–Trinajstić information content (AvgIpc) is 3.04. The quantitative estimate of drug-likeness (QED) is 0.930. The van der Waals surface area contributed by atoms with Crippen molar-refractivity contribution in [3.8, 4) is 0 Å². The highest BCUT2D eigenvalue weighted by molar-refractivity contribution is 5.94. The maximum Gasteiger partial charge on any atom is 0.253 e. The van der Waals surface area contributed by atoms with Crippen LogP contribution >= 0.6 is 0 Å². The van der Waals surface area contributed by atoms with E-state index in [0.717, 1.165) is 6.42 Å². The van der Waals surface area contributed by atoms with Crippen LogP contribution in [0.5, 0.6) is 0 Å². The van der Waals surface area contributed by atoms with Crippen molar-refractivity contribution in [1.29, 1.82) is 0 Å². The fourth-order valence-corrected chi connectivity index (χ4v) is 2.84. The molecule has 6 nitrogen and oxygen atoms in total. The van der Waals surface area contributed by atoms with Gasteiger partial charge in [0.25, 0.3) is 11.8 Å². The van der Waals surface area contributed by atoms with E-state index in [-0.39, 0.29) is 11.8 Å². The SMILES string of the molecule is Cc1nc([C@H]2CCN(C(=O)c3ccccc3)C2)ncc1C(N)=O. The lowest BCUT2D eigenvalue weighted by Gasteiger charge is -2.16. The predicted octanol–water partition coefficient (Wildman–Crippen LogP) is 1.51. The molecular weight excluding hydrogens is 292 g/mol. The second kappa shape index (κ2) is 6.16. The molecule has 2 heterocycles. The molecule has 0 spiro atoms. The molecule has 0 unspecified atom stereocenters.